The fraction of sp³-hybridized carbons (Fsp3) is 0.273. The van der Waals surface area contributed by atoms with Gasteiger partial charge in [-0.05, 0) is 19.1 Å². The Morgan fingerprint density at radius 3 is 2.79 bits per heavy atom. The van der Waals surface area contributed by atoms with Crippen molar-refractivity contribution >= 4 is 11.0 Å². The molecule has 0 aliphatic rings. The summed E-state index contributed by atoms with van der Waals surface area (Å²) in [7, 11) is 0. The van der Waals surface area contributed by atoms with Crippen molar-refractivity contribution in [3.8, 4) is 0 Å². The number of nitrogens with zero attached hydrogens (tertiary/aromatic N) is 2. The molecule has 1 heterocycles. The molecule has 0 N–H and O–H groups in total. The monoisotopic (exact) mass is 188 g/mol. The van der Waals surface area contributed by atoms with E-state index in [4.69, 9.17) is 4.74 Å². The van der Waals surface area contributed by atoms with E-state index in [1.165, 1.54) is 0 Å². The summed E-state index contributed by atoms with van der Waals surface area (Å²) < 4.78 is 5.27. The minimum Gasteiger partial charge on any atom is -0.375 e. The van der Waals surface area contributed by atoms with Crippen LogP contribution < -0.4 is 0 Å². The lowest BCUT2D eigenvalue weighted by molar-refractivity contribution is 0.131. The predicted molar refractivity (Wildman–Crippen MR) is 54.9 cm³/mol. The second-order valence-corrected chi connectivity index (χ2v) is 2.99. The van der Waals surface area contributed by atoms with Crippen LogP contribution in [0.3, 0.4) is 0 Å². The Morgan fingerprint density at radius 2 is 2.00 bits per heavy atom. The molecule has 0 radical (unpaired) electrons. The van der Waals surface area contributed by atoms with E-state index in [1.807, 2.05) is 31.2 Å². The quantitative estimate of drug-likeness (QED) is 0.740. The average molecular weight is 188 g/mol. The van der Waals surface area contributed by atoms with Crippen LogP contribution in [0.1, 0.15) is 12.6 Å². The van der Waals surface area contributed by atoms with Gasteiger partial charge < -0.3 is 4.74 Å². The highest BCUT2D eigenvalue weighted by molar-refractivity contribution is 5.73. The standard InChI is InChI=1S/C11H12N2O/c1-2-14-8-9-7-12-10-5-3-4-6-11(10)13-9/h3-7H,2,8H2,1H3. The van der Waals surface area contributed by atoms with Gasteiger partial charge in [0.15, 0.2) is 0 Å². The minimum absolute atomic E-state index is 0.536. The van der Waals surface area contributed by atoms with Crippen molar-refractivity contribution in [3.63, 3.8) is 0 Å². The minimum atomic E-state index is 0.536. The first-order valence-corrected chi connectivity index (χ1v) is 4.68. The number of fused-ring (bicyclic) bond motifs is 1. The van der Waals surface area contributed by atoms with Crippen LogP contribution in [-0.2, 0) is 11.3 Å². The normalized spacial score (nSPS) is 10.6. The molecule has 14 heavy (non-hydrogen) atoms. The topological polar surface area (TPSA) is 35.0 Å². The summed E-state index contributed by atoms with van der Waals surface area (Å²) in [6.07, 6.45) is 1.76. The van der Waals surface area contributed by atoms with Crippen LogP contribution in [0.5, 0.6) is 0 Å². The molecule has 0 saturated heterocycles. The average Bonchev–Trinajstić information content (AvgIpc) is 2.26. The van der Waals surface area contributed by atoms with Crippen LogP contribution in [0.25, 0.3) is 11.0 Å². The number of benzene rings is 1. The molecule has 0 aliphatic carbocycles. The van der Waals surface area contributed by atoms with Crippen molar-refractivity contribution in [1.29, 1.82) is 0 Å². The second-order valence-electron chi connectivity index (χ2n) is 2.99. The number of para-hydroxylation sites is 2. The van der Waals surface area contributed by atoms with E-state index < -0.39 is 0 Å². The Kier molecular flexibility index (Phi) is 2.70. The molecule has 3 nitrogen and oxygen atoms in total. The van der Waals surface area contributed by atoms with Crippen molar-refractivity contribution in [1.82, 2.24) is 9.97 Å². The van der Waals surface area contributed by atoms with Crippen LogP contribution in [-0.4, -0.2) is 16.6 Å². The van der Waals surface area contributed by atoms with Crippen LogP contribution in [0.4, 0.5) is 0 Å². The van der Waals surface area contributed by atoms with Gasteiger partial charge in [0, 0.05) is 6.61 Å². The third-order valence-corrected chi connectivity index (χ3v) is 1.95. The Labute approximate surface area is 82.8 Å². The van der Waals surface area contributed by atoms with Gasteiger partial charge in [-0.25, -0.2) is 4.98 Å². The van der Waals surface area contributed by atoms with Gasteiger partial charge in [0.2, 0.25) is 0 Å². The second kappa shape index (κ2) is 4.15. The van der Waals surface area contributed by atoms with E-state index in [0.717, 1.165) is 16.7 Å². The fourth-order valence-electron chi connectivity index (χ4n) is 1.27. The predicted octanol–water partition coefficient (Wildman–Crippen LogP) is 2.17. The Bertz CT molecular complexity index is 428. The summed E-state index contributed by atoms with van der Waals surface area (Å²) in [5, 5.41) is 0. The fourth-order valence-corrected chi connectivity index (χ4v) is 1.27. The Hall–Kier alpha value is -1.48. The molecule has 0 saturated carbocycles. The zero-order valence-electron chi connectivity index (χ0n) is 8.10. The van der Waals surface area contributed by atoms with Gasteiger partial charge in [-0.2, -0.15) is 0 Å². The number of ether oxygens (including phenoxy) is 1. The van der Waals surface area contributed by atoms with Gasteiger partial charge in [-0.3, -0.25) is 4.98 Å². The molecule has 0 fully saturated rings. The molecule has 0 amide bonds. The zero-order valence-corrected chi connectivity index (χ0v) is 8.10. The third-order valence-electron chi connectivity index (χ3n) is 1.95. The molecule has 1 aromatic carbocycles. The van der Waals surface area contributed by atoms with Crippen molar-refractivity contribution in [2.45, 2.75) is 13.5 Å². The molecule has 2 aromatic rings. The SMILES string of the molecule is CCOCc1cnc2ccccc2n1. The van der Waals surface area contributed by atoms with Crippen molar-refractivity contribution < 1.29 is 4.74 Å². The summed E-state index contributed by atoms with van der Waals surface area (Å²) >= 11 is 0. The molecular weight excluding hydrogens is 176 g/mol. The molecule has 3 heteroatoms. The lowest BCUT2D eigenvalue weighted by Gasteiger charge is -2.01. The molecule has 0 spiro atoms. The maximum absolute atomic E-state index is 5.27. The maximum atomic E-state index is 5.27. The van der Waals surface area contributed by atoms with Crippen molar-refractivity contribution in [3.05, 3.63) is 36.2 Å². The van der Waals surface area contributed by atoms with E-state index in [-0.39, 0.29) is 0 Å². The van der Waals surface area contributed by atoms with Gasteiger partial charge >= 0.3 is 0 Å². The summed E-state index contributed by atoms with van der Waals surface area (Å²) in [5.41, 5.74) is 2.73. The summed E-state index contributed by atoms with van der Waals surface area (Å²) in [5.74, 6) is 0. The van der Waals surface area contributed by atoms with Gasteiger partial charge in [-0.15, -0.1) is 0 Å². The Morgan fingerprint density at radius 1 is 1.21 bits per heavy atom. The molecule has 0 bridgehead atoms. The van der Waals surface area contributed by atoms with Crippen LogP contribution in [0, 0.1) is 0 Å². The van der Waals surface area contributed by atoms with Gasteiger partial charge in [0.25, 0.3) is 0 Å². The van der Waals surface area contributed by atoms with Crippen LogP contribution >= 0.6 is 0 Å². The maximum Gasteiger partial charge on any atom is 0.0903 e. The number of hydrogen-bond donors (Lipinski definition) is 0. The van der Waals surface area contributed by atoms with Crippen LogP contribution in [0.15, 0.2) is 30.5 Å². The van der Waals surface area contributed by atoms with E-state index in [2.05, 4.69) is 9.97 Å². The molecule has 0 aliphatic heterocycles. The molecular formula is C11H12N2O. The zero-order chi connectivity index (χ0) is 9.80. The Balaban J connectivity index is 2.32. The highest BCUT2D eigenvalue weighted by Gasteiger charge is 1.98. The first-order chi connectivity index (χ1) is 6.90. The van der Waals surface area contributed by atoms with Crippen molar-refractivity contribution in [2.24, 2.45) is 0 Å². The van der Waals surface area contributed by atoms with E-state index in [0.29, 0.717) is 13.2 Å². The van der Waals surface area contributed by atoms with Gasteiger partial charge in [0.05, 0.1) is 29.5 Å². The van der Waals surface area contributed by atoms with Crippen molar-refractivity contribution in [2.75, 3.05) is 6.61 Å². The number of rotatable bonds is 3. The molecule has 0 atom stereocenters. The van der Waals surface area contributed by atoms with E-state index in [9.17, 15) is 0 Å². The summed E-state index contributed by atoms with van der Waals surface area (Å²) in [4.78, 5) is 8.72. The molecule has 2 rings (SSSR count). The number of aromatic nitrogens is 2. The van der Waals surface area contributed by atoms with Gasteiger partial charge in [0.1, 0.15) is 0 Å². The highest BCUT2D eigenvalue weighted by atomic mass is 16.5. The van der Waals surface area contributed by atoms with E-state index in [1.54, 1.807) is 6.20 Å². The first kappa shape index (κ1) is 9.09. The summed E-state index contributed by atoms with van der Waals surface area (Å²) in [6, 6.07) is 7.82. The number of hydrogen-bond acceptors (Lipinski definition) is 3. The largest absolute Gasteiger partial charge is 0.375 e. The molecule has 72 valence electrons. The first-order valence-electron chi connectivity index (χ1n) is 4.68. The van der Waals surface area contributed by atoms with Gasteiger partial charge in [-0.1, -0.05) is 12.1 Å². The smallest absolute Gasteiger partial charge is 0.0903 e. The van der Waals surface area contributed by atoms with E-state index >= 15 is 0 Å². The molecule has 0 unspecified atom stereocenters. The lowest BCUT2D eigenvalue weighted by atomic mass is 10.3. The summed E-state index contributed by atoms with van der Waals surface area (Å²) in [6.45, 7) is 3.21. The lowest BCUT2D eigenvalue weighted by Crippen LogP contribution is -1.96. The molecule has 1 aromatic heterocycles. The van der Waals surface area contributed by atoms with Crippen LogP contribution in [0.2, 0.25) is 0 Å². The highest BCUT2D eigenvalue weighted by Crippen LogP contribution is 2.08. The third kappa shape index (κ3) is 1.88.